The minimum absolute atomic E-state index is 0.218. The van der Waals surface area contributed by atoms with E-state index in [0.717, 1.165) is 0 Å². The van der Waals surface area contributed by atoms with Crippen LogP contribution in [0, 0.1) is 5.92 Å². The molecular weight excluding hydrogens is 210 g/mol. The fraction of sp³-hybridized carbons (Fsp3) is 1.00. The first-order valence-corrected chi connectivity index (χ1v) is 6.09. The minimum atomic E-state index is -3.79. The smallest absolute Gasteiger partial charge is 0.212 e. The summed E-state index contributed by atoms with van der Waals surface area (Å²) in [4.78, 5) is 0. The molecule has 0 saturated heterocycles. The maximum absolute atomic E-state index is 12.8. The van der Waals surface area contributed by atoms with E-state index < -0.39 is 26.6 Å². The van der Waals surface area contributed by atoms with Gasteiger partial charge in [-0.05, 0) is 12.8 Å². The zero-order valence-corrected chi connectivity index (χ0v) is 7.84. The van der Waals surface area contributed by atoms with E-state index in [1.54, 1.807) is 0 Å². The van der Waals surface area contributed by atoms with Crippen molar-refractivity contribution in [2.45, 2.75) is 25.2 Å². The summed E-state index contributed by atoms with van der Waals surface area (Å²) in [6.07, 6.45) is 0.410. The lowest BCUT2D eigenvalue weighted by molar-refractivity contribution is -0.0286. The Morgan fingerprint density at radius 2 is 2.08 bits per heavy atom. The number of hydrogen-bond donors (Lipinski definition) is 0. The first kappa shape index (κ1) is 10.2. The molecule has 0 heterocycles. The van der Waals surface area contributed by atoms with Gasteiger partial charge in [-0.3, -0.25) is 0 Å². The Morgan fingerprint density at radius 1 is 1.50 bits per heavy atom. The summed E-state index contributed by atoms with van der Waals surface area (Å²) in [6.45, 7) is 0. The van der Waals surface area contributed by atoms with Crippen molar-refractivity contribution in [3.05, 3.63) is 0 Å². The van der Waals surface area contributed by atoms with Crippen LogP contribution in [0.15, 0.2) is 0 Å². The van der Waals surface area contributed by atoms with Crippen molar-refractivity contribution in [1.82, 2.24) is 0 Å². The number of rotatable bonds is 2. The first-order chi connectivity index (χ1) is 5.31. The fourth-order valence-corrected chi connectivity index (χ4v) is 2.79. The number of alkyl halides is 2. The lowest BCUT2D eigenvalue weighted by Crippen LogP contribution is -2.26. The normalized spacial score (nSPS) is 29.1. The van der Waals surface area contributed by atoms with Crippen molar-refractivity contribution >= 4 is 19.7 Å². The molecule has 0 aromatic carbocycles. The average molecular weight is 219 g/mol. The molecule has 1 fully saturated rings. The van der Waals surface area contributed by atoms with Crippen LogP contribution in [-0.2, 0) is 9.05 Å². The molecule has 0 unspecified atom stereocenters. The zero-order chi connectivity index (χ0) is 9.41. The Hall–Kier alpha value is 0.1000. The summed E-state index contributed by atoms with van der Waals surface area (Å²) in [5.74, 6) is -4.54. The van der Waals surface area contributed by atoms with Gasteiger partial charge in [0.2, 0.25) is 9.05 Å². The highest BCUT2D eigenvalue weighted by atomic mass is 35.7. The quantitative estimate of drug-likeness (QED) is 0.665. The summed E-state index contributed by atoms with van der Waals surface area (Å²) < 4.78 is 46.6. The molecule has 2 nitrogen and oxygen atoms in total. The summed E-state index contributed by atoms with van der Waals surface area (Å²) in [7, 11) is 1.09. The molecule has 1 rings (SSSR count). The third-order valence-electron chi connectivity index (χ3n) is 2.06. The van der Waals surface area contributed by atoms with E-state index in [1.807, 2.05) is 0 Å². The summed E-state index contributed by atoms with van der Waals surface area (Å²) >= 11 is 0. The summed E-state index contributed by atoms with van der Waals surface area (Å²) in [6, 6.07) is 0. The van der Waals surface area contributed by atoms with E-state index in [4.69, 9.17) is 10.7 Å². The van der Waals surface area contributed by atoms with Gasteiger partial charge >= 0.3 is 0 Å². The van der Waals surface area contributed by atoms with Crippen LogP contribution in [0.3, 0.4) is 0 Å². The maximum atomic E-state index is 12.8. The third-order valence-corrected chi connectivity index (χ3v) is 3.24. The van der Waals surface area contributed by atoms with E-state index in [-0.39, 0.29) is 12.8 Å². The molecule has 1 atom stereocenters. The van der Waals surface area contributed by atoms with Gasteiger partial charge in [0.25, 0.3) is 5.92 Å². The van der Waals surface area contributed by atoms with Crippen LogP contribution in [0.25, 0.3) is 0 Å². The van der Waals surface area contributed by atoms with Crippen LogP contribution in [0.1, 0.15) is 19.3 Å². The predicted molar refractivity (Wildman–Crippen MR) is 41.9 cm³/mol. The van der Waals surface area contributed by atoms with Gasteiger partial charge in [0.1, 0.15) is 0 Å². The van der Waals surface area contributed by atoms with Crippen LogP contribution < -0.4 is 0 Å². The molecule has 0 spiro atoms. The Kier molecular flexibility index (Phi) is 2.63. The van der Waals surface area contributed by atoms with E-state index >= 15 is 0 Å². The number of halogens is 3. The van der Waals surface area contributed by atoms with Crippen molar-refractivity contribution in [1.29, 1.82) is 0 Å². The Balaban J connectivity index is 2.65. The second-order valence-corrected chi connectivity index (χ2v) is 5.88. The molecule has 0 aromatic heterocycles. The van der Waals surface area contributed by atoms with Gasteiger partial charge in [-0.1, -0.05) is 0 Å². The average Bonchev–Trinajstić information content (AvgIpc) is 2.07. The molecule has 1 aliphatic rings. The molecule has 1 saturated carbocycles. The monoisotopic (exact) mass is 218 g/mol. The zero-order valence-electron chi connectivity index (χ0n) is 6.26. The topological polar surface area (TPSA) is 34.1 Å². The molecule has 12 heavy (non-hydrogen) atoms. The molecule has 0 amide bonds. The van der Waals surface area contributed by atoms with Crippen molar-refractivity contribution < 1.29 is 17.2 Å². The summed E-state index contributed by atoms with van der Waals surface area (Å²) in [5, 5.41) is 0. The third kappa shape index (κ3) is 2.55. The minimum Gasteiger partial charge on any atom is -0.212 e. The van der Waals surface area contributed by atoms with Crippen LogP contribution in [-0.4, -0.2) is 20.1 Å². The first-order valence-electron chi connectivity index (χ1n) is 3.61. The van der Waals surface area contributed by atoms with E-state index in [0.29, 0.717) is 6.42 Å². The Bertz CT molecular complexity index is 263. The maximum Gasteiger partial charge on any atom is 0.251 e. The van der Waals surface area contributed by atoms with Gasteiger partial charge in [0, 0.05) is 23.0 Å². The largest absolute Gasteiger partial charge is 0.251 e. The van der Waals surface area contributed by atoms with Crippen molar-refractivity contribution in [2.75, 3.05) is 5.75 Å². The van der Waals surface area contributed by atoms with Crippen molar-refractivity contribution in [3.63, 3.8) is 0 Å². The lowest BCUT2D eigenvalue weighted by atomic mass is 10.1. The van der Waals surface area contributed by atoms with E-state index in [1.165, 1.54) is 0 Å². The van der Waals surface area contributed by atoms with E-state index in [9.17, 15) is 17.2 Å². The van der Waals surface area contributed by atoms with Gasteiger partial charge in [-0.25, -0.2) is 17.2 Å². The Labute approximate surface area is 74.3 Å². The molecule has 0 aliphatic heterocycles. The second kappa shape index (κ2) is 3.10. The van der Waals surface area contributed by atoms with Crippen LogP contribution in [0.5, 0.6) is 0 Å². The summed E-state index contributed by atoms with van der Waals surface area (Å²) in [5.41, 5.74) is 0. The Morgan fingerprint density at radius 3 is 2.42 bits per heavy atom. The highest BCUT2D eigenvalue weighted by Crippen LogP contribution is 2.41. The van der Waals surface area contributed by atoms with Crippen LogP contribution >= 0.6 is 10.7 Å². The lowest BCUT2D eigenvalue weighted by Gasteiger charge is -2.16. The van der Waals surface area contributed by atoms with Gasteiger partial charge in [0.15, 0.2) is 0 Å². The van der Waals surface area contributed by atoms with Gasteiger partial charge in [-0.2, -0.15) is 0 Å². The molecule has 0 N–H and O–H groups in total. The molecule has 1 aliphatic carbocycles. The molecule has 0 aromatic rings. The molecule has 6 heteroatoms. The van der Waals surface area contributed by atoms with Crippen LogP contribution in [0.2, 0.25) is 0 Å². The SMILES string of the molecule is O=S(=O)(Cl)C[C@H]1CCCC1(F)F. The second-order valence-electron chi connectivity index (χ2n) is 3.06. The molecule has 0 radical (unpaired) electrons. The van der Waals surface area contributed by atoms with Gasteiger partial charge in [-0.15, -0.1) is 0 Å². The van der Waals surface area contributed by atoms with E-state index in [2.05, 4.69) is 0 Å². The van der Waals surface area contributed by atoms with Gasteiger partial charge < -0.3 is 0 Å². The molecule has 72 valence electrons. The molecule has 0 bridgehead atoms. The standard InChI is InChI=1S/C6H9ClF2O2S/c7-12(10,11)4-5-2-1-3-6(5,8)9/h5H,1-4H2/t5-/m1/s1. The molecular formula is C6H9ClF2O2S. The van der Waals surface area contributed by atoms with Crippen molar-refractivity contribution in [2.24, 2.45) is 5.92 Å². The predicted octanol–water partition coefficient (Wildman–Crippen LogP) is 1.99. The highest BCUT2D eigenvalue weighted by molar-refractivity contribution is 8.13. The number of hydrogen-bond acceptors (Lipinski definition) is 2. The van der Waals surface area contributed by atoms with Crippen LogP contribution in [0.4, 0.5) is 8.78 Å². The fourth-order valence-electron chi connectivity index (χ4n) is 1.45. The van der Waals surface area contributed by atoms with Crippen molar-refractivity contribution in [3.8, 4) is 0 Å². The highest BCUT2D eigenvalue weighted by Gasteiger charge is 2.45. The van der Waals surface area contributed by atoms with Gasteiger partial charge in [0.05, 0.1) is 5.75 Å².